The van der Waals surface area contributed by atoms with Crippen molar-refractivity contribution in [2.75, 3.05) is 0 Å². The molecule has 4 heteroatoms. The molecule has 0 spiro atoms. The van der Waals surface area contributed by atoms with E-state index in [-0.39, 0.29) is 6.04 Å². The summed E-state index contributed by atoms with van der Waals surface area (Å²) in [6.07, 6.45) is 0.815. The summed E-state index contributed by atoms with van der Waals surface area (Å²) in [7, 11) is 0. The average molecular weight is 229 g/mol. The molecule has 2 rings (SSSR count). The van der Waals surface area contributed by atoms with Gasteiger partial charge < -0.3 is 0 Å². The summed E-state index contributed by atoms with van der Waals surface area (Å²) in [6.45, 7) is 5.97. The molecular formula is C13H15N3O. The lowest BCUT2D eigenvalue weighted by molar-refractivity contribution is 0.111. The van der Waals surface area contributed by atoms with Crippen LogP contribution in [0.1, 0.15) is 35.9 Å². The van der Waals surface area contributed by atoms with Gasteiger partial charge >= 0.3 is 0 Å². The van der Waals surface area contributed by atoms with Gasteiger partial charge in [-0.25, -0.2) is 4.68 Å². The highest BCUT2D eigenvalue weighted by molar-refractivity contribution is 5.83. The smallest absolute Gasteiger partial charge is 0.170 e. The second-order valence-corrected chi connectivity index (χ2v) is 4.35. The fourth-order valence-corrected chi connectivity index (χ4v) is 1.71. The van der Waals surface area contributed by atoms with Gasteiger partial charge in [-0.2, -0.15) is 0 Å². The second kappa shape index (κ2) is 4.49. The molecule has 1 aromatic heterocycles. The summed E-state index contributed by atoms with van der Waals surface area (Å²) in [6, 6.07) is 8.03. The maximum absolute atomic E-state index is 11.2. The molecule has 0 atom stereocenters. The number of aldehydes is 1. The monoisotopic (exact) mass is 229 g/mol. The quantitative estimate of drug-likeness (QED) is 0.760. The summed E-state index contributed by atoms with van der Waals surface area (Å²) in [4.78, 5) is 11.2. The molecule has 0 saturated carbocycles. The van der Waals surface area contributed by atoms with Crippen LogP contribution in [0.5, 0.6) is 0 Å². The van der Waals surface area contributed by atoms with Crippen molar-refractivity contribution in [1.82, 2.24) is 15.0 Å². The predicted octanol–water partition coefficient (Wildman–Crippen LogP) is 2.65. The Morgan fingerprint density at radius 2 is 1.88 bits per heavy atom. The molecule has 0 N–H and O–H groups in total. The van der Waals surface area contributed by atoms with E-state index in [1.807, 2.05) is 45.0 Å². The zero-order valence-corrected chi connectivity index (χ0v) is 10.2. The van der Waals surface area contributed by atoms with Crippen LogP contribution in [0.4, 0.5) is 0 Å². The maximum Gasteiger partial charge on any atom is 0.170 e. The molecular weight excluding hydrogens is 214 g/mol. The molecule has 0 saturated heterocycles. The number of hydrogen-bond acceptors (Lipinski definition) is 3. The fourth-order valence-electron chi connectivity index (χ4n) is 1.71. The molecule has 88 valence electrons. The molecule has 0 bridgehead atoms. The lowest BCUT2D eigenvalue weighted by Gasteiger charge is -2.05. The van der Waals surface area contributed by atoms with E-state index < -0.39 is 0 Å². The molecule has 1 heterocycles. The normalized spacial score (nSPS) is 10.8. The first-order valence-electron chi connectivity index (χ1n) is 5.61. The summed E-state index contributed by atoms with van der Waals surface area (Å²) in [5.41, 5.74) is 3.28. The van der Waals surface area contributed by atoms with E-state index in [4.69, 9.17) is 0 Å². The third kappa shape index (κ3) is 2.11. The van der Waals surface area contributed by atoms with Gasteiger partial charge in [0.25, 0.3) is 0 Å². The van der Waals surface area contributed by atoms with Gasteiger partial charge in [-0.1, -0.05) is 35.0 Å². The molecule has 1 aromatic carbocycles. The lowest BCUT2D eigenvalue weighted by atomic mass is 10.1. The largest absolute Gasteiger partial charge is 0.296 e. The van der Waals surface area contributed by atoms with E-state index in [0.29, 0.717) is 11.4 Å². The summed E-state index contributed by atoms with van der Waals surface area (Å²) in [5.74, 6) is 0. The Morgan fingerprint density at radius 3 is 2.41 bits per heavy atom. The van der Waals surface area contributed by atoms with Crippen molar-refractivity contribution in [3.63, 3.8) is 0 Å². The molecule has 0 unspecified atom stereocenters. The van der Waals surface area contributed by atoms with Crippen molar-refractivity contribution in [2.24, 2.45) is 0 Å². The molecule has 0 aliphatic heterocycles. The third-order valence-electron chi connectivity index (χ3n) is 2.66. The van der Waals surface area contributed by atoms with E-state index in [1.54, 1.807) is 4.68 Å². The van der Waals surface area contributed by atoms with E-state index in [0.717, 1.165) is 11.8 Å². The molecule has 0 fully saturated rings. The van der Waals surface area contributed by atoms with Crippen molar-refractivity contribution in [1.29, 1.82) is 0 Å². The van der Waals surface area contributed by atoms with Crippen LogP contribution in [0.25, 0.3) is 11.3 Å². The van der Waals surface area contributed by atoms with Gasteiger partial charge in [-0.3, -0.25) is 4.79 Å². The van der Waals surface area contributed by atoms with Crippen LogP contribution in [-0.2, 0) is 0 Å². The topological polar surface area (TPSA) is 47.8 Å². The summed E-state index contributed by atoms with van der Waals surface area (Å²) >= 11 is 0. The van der Waals surface area contributed by atoms with E-state index >= 15 is 0 Å². The Kier molecular flexibility index (Phi) is 3.04. The third-order valence-corrected chi connectivity index (χ3v) is 2.66. The SMILES string of the molecule is Cc1ccc(-c2nnn(C(C)C)c2C=O)cc1. The number of aryl methyl sites for hydroxylation is 1. The maximum atomic E-state index is 11.2. The van der Waals surface area contributed by atoms with Crippen LogP contribution in [0.2, 0.25) is 0 Å². The first-order chi connectivity index (χ1) is 8.13. The van der Waals surface area contributed by atoms with Crippen molar-refractivity contribution in [2.45, 2.75) is 26.8 Å². The number of nitrogens with zero attached hydrogens (tertiary/aromatic N) is 3. The minimum atomic E-state index is 0.127. The zero-order chi connectivity index (χ0) is 12.4. The van der Waals surface area contributed by atoms with Gasteiger partial charge in [0.1, 0.15) is 11.4 Å². The average Bonchev–Trinajstić information content (AvgIpc) is 2.73. The zero-order valence-electron chi connectivity index (χ0n) is 10.2. The Hall–Kier alpha value is -1.97. The number of hydrogen-bond donors (Lipinski definition) is 0. The Morgan fingerprint density at radius 1 is 1.24 bits per heavy atom. The van der Waals surface area contributed by atoms with Crippen molar-refractivity contribution < 1.29 is 4.79 Å². The lowest BCUT2D eigenvalue weighted by Crippen LogP contribution is -2.07. The van der Waals surface area contributed by atoms with Crippen LogP contribution in [-0.4, -0.2) is 21.3 Å². The van der Waals surface area contributed by atoms with Gasteiger partial charge in [-0.05, 0) is 20.8 Å². The Labute approximate surface area is 100 Å². The first-order valence-corrected chi connectivity index (χ1v) is 5.61. The van der Waals surface area contributed by atoms with Crippen LogP contribution in [0, 0.1) is 6.92 Å². The molecule has 0 radical (unpaired) electrons. The molecule has 0 amide bonds. The van der Waals surface area contributed by atoms with Gasteiger partial charge in [0.2, 0.25) is 0 Å². The minimum Gasteiger partial charge on any atom is -0.296 e. The van der Waals surface area contributed by atoms with Crippen molar-refractivity contribution in [3.8, 4) is 11.3 Å². The van der Waals surface area contributed by atoms with Crippen LogP contribution in [0.15, 0.2) is 24.3 Å². The molecule has 2 aromatic rings. The number of benzene rings is 1. The standard InChI is InChI=1S/C13H15N3O/c1-9(2)16-12(8-17)13(14-15-16)11-6-4-10(3)5-7-11/h4-9H,1-3H3. The van der Waals surface area contributed by atoms with Crippen LogP contribution >= 0.6 is 0 Å². The molecule has 17 heavy (non-hydrogen) atoms. The van der Waals surface area contributed by atoms with E-state index in [9.17, 15) is 4.79 Å². The van der Waals surface area contributed by atoms with Crippen molar-refractivity contribution >= 4 is 6.29 Å². The van der Waals surface area contributed by atoms with Gasteiger partial charge in [0.05, 0.1) is 0 Å². The summed E-state index contributed by atoms with van der Waals surface area (Å²) in [5, 5.41) is 8.11. The Balaban J connectivity index is 2.52. The number of carbonyl (C=O) groups excluding carboxylic acids is 1. The highest BCUT2D eigenvalue weighted by Crippen LogP contribution is 2.22. The Bertz CT molecular complexity index is 526. The molecule has 4 nitrogen and oxygen atoms in total. The van der Waals surface area contributed by atoms with Gasteiger partial charge in [-0.15, -0.1) is 5.10 Å². The molecule has 0 aliphatic rings. The highest BCUT2D eigenvalue weighted by atomic mass is 16.1. The highest BCUT2D eigenvalue weighted by Gasteiger charge is 2.15. The number of carbonyl (C=O) groups is 1. The van der Waals surface area contributed by atoms with Crippen molar-refractivity contribution in [3.05, 3.63) is 35.5 Å². The van der Waals surface area contributed by atoms with Crippen LogP contribution in [0.3, 0.4) is 0 Å². The minimum absolute atomic E-state index is 0.127. The molecule has 0 aliphatic carbocycles. The predicted molar refractivity (Wildman–Crippen MR) is 66.0 cm³/mol. The number of rotatable bonds is 3. The first kappa shape index (κ1) is 11.5. The number of aromatic nitrogens is 3. The van der Waals surface area contributed by atoms with Gasteiger partial charge in [0.15, 0.2) is 6.29 Å². The van der Waals surface area contributed by atoms with Crippen LogP contribution < -0.4 is 0 Å². The van der Waals surface area contributed by atoms with Gasteiger partial charge in [0, 0.05) is 11.6 Å². The van der Waals surface area contributed by atoms with E-state index in [1.165, 1.54) is 5.56 Å². The second-order valence-electron chi connectivity index (χ2n) is 4.35. The fraction of sp³-hybridized carbons (Fsp3) is 0.308. The van der Waals surface area contributed by atoms with E-state index in [2.05, 4.69) is 10.3 Å². The summed E-state index contributed by atoms with van der Waals surface area (Å²) < 4.78 is 1.64.